The summed E-state index contributed by atoms with van der Waals surface area (Å²) in [5, 5.41) is 11.0. The first-order chi connectivity index (χ1) is 13.0. The fourth-order valence-corrected chi connectivity index (χ4v) is 2.70. The third kappa shape index (κ3) is 6.58. The number of aliphatic imine (C=N–C) groups is 1. The highest BCUT2D eigenvalue weighted by Crippen LogP contribution is 2.13. The number of guanidine groups is 1. The molecule has 148 valence electrons. The first kappa shape index (κ1) is 20.7. The Bertz CT molecular complexity index is 740. The molecule has 0 aliphatic heterocycles. The zero-order chi connectivity index (χ0) is 19.6. The molecule has 0 aliphatic carbocycles. The topological polar surface area (TPSA) is 63.5 Å². The van der Waals surface area contributed by atoms with Gasteiger partial charge in [0.15, 0.2) is 5.96 Å². The second kappa shape index (κ2) is 10.5. The van der Waals surface area contributed by atoms with Crippen LogP contribution >= 0.6 is 0 Å². The summed E-state index contributed by atoms with van der Waals surface area (Å²) in [5.74, 6) is 1.25. The third-order valence-electron chi connectivity index (χ3n) is 4.34. The molecular formula is C20H30FN5O. The van der Waals surface area contributed by atoms with Crippen LogP contribution in [0.2, 0.25) is 0 Å². The van der Waals surface area contributed by atoms with Crippen LogP contribution < -0.4 is 15.4 Å². The molecule has 0 unspecified atom stereocenters. The number of aryl methyl sites for hydroxylation is 2. The summed E-state index contributed by atoms with van der Waals surface area (Å²) in [7, 11) is 1.95. The minimum absolute atomic E-state index is 0.251. The Morgan fingerprint density at radius 2 is 1.93 bits per heavy atom. The van der Waals surface area contributed by atoms with Crippen LogP contribution in [0.25, 0.3) is 0 Å². The van der Waals surface area contributed by atoms with Crippen molar-refractivity contribution in [3.8, 4) is 5.75 Å². The van der Waals surface area contributed by atoms with Gasteiger partial charge in [0, 0.05) is 31.4 Å². The van der Waals surface area contributed by atoms with Gasteiger partial charge in [0.25, 0.3) is 0 Å². The summed E-state index contributed by atoms with van der Waals surface area (Å²) >= 11 is 0. The van der Waals surface area contributed by atoms with Crippen molar-refractivity contribution in [2.75, 3.05) is 19.7 Å². The highest BCUT2D eigenvalue weighted by atomic mass is 19.1. The summed E-state index contributed by atoms with van der Waals surface area (Å²) in [6.07, 6.45) is 1.86. The molecule has 0 saturated heterocycles. The Hall–Kier alpha value is -2.57. The molecule has 2 aromatic rings. The van der Waals surface area contributed by atoms with Crippen molar-refractivity contribution < 1.29 is 9.13 Å². The van der Waals surface area contributed by atoms with E-state index < -0.39 is 0 Å². The molecule has 0 spiro atoms. The first-order valence-electron chi connectivity index (χ1n) is 9.41. The Morgan fingerprint density at radius 1 is 1.19 bits per heavy atom. The summed E-state index contributed by atoms with van der Waals surface area (Å²) in [6.45, 7) is 8.96. The number of unbranched alkanes of at least 4 members (excludes halogenated alkanes) is 1. The summed E-state index contributed by atoms with van der Waals surface area (Å²) in [4.78, 5) is 4.67. The molecule has 1 heterocycles. The lowest BCUT2D eigenvalue weighted by Crippen LogP contribution is -2.37. The van der Waals surface area contributed by atoms with Crippen LogP contribution in [-0.2, 0) is 13.6 Å². The summed E-state index contributed by atoms with van der Waals surface area (Å²) in [6, 6.07) is 6.10. The van der Waals surface area contributed by atoms with Gasteiger partial charge in [-0.3, -0.25) is 4.68 Å². The molecule has 7 heteroatoms. The van der Waals surface area contributed by atoms with Crippen molar-refractivity contribution in [2.24, 2.45) is 12.0 Å². The van der Waals surface area contributed by atoms with E-state index in [9.17, 15) is 4.39 Å². The molecule has 1 aromatic carbocycles. The van der Waals surface area contributed by atoms with E-state index in [4.69, 9.17) is 4.74 Å². The molecule has 0 aliphatic rings. The summed E-state index contributed by atoms with van der Waals surface area (Å²) in [5.41, 5.74) is 3.33. The van der Waals surface area contributed by atoms with Gasteiger partial charge < -0.3 is 15.4 Å². The lowest BCUT2D eigenvalue weighted by atomic mass is 10.2. The minimum Gasteiger partial charge on any atom is -0.494 e. The molecule has 6 nitrogen and oxygen atoms in total. The second-order valence-corrected chi connectivity index (χ2v) is 6.40. The molecule has 0 bridgehead atoms. The first-order valence-corrected chi connectivity index (χ1v) is 9.41. The maximum Gasteiger partial charge on any atom is 0.191 e. The average molecular weight is 375 g/mol. The Labute approximate surface area is 160 Å². The van der Waals surface area contributed by atoms with Crippen LogP contribution in [0.15, 0.2) is 29.3 Å². The van der Waals surface area contributed by atoms with E-state index in [1.165, 1.54) is 17.7 Å². The molecule has 1 aromatic heterocycles. The number of ether oxygens (including phenoxy) is 1. The van der Waals surface area contributed by atoms with Crippen LogP contribution in [0.1, 0.15) is 36.7 Å². The molecule has 0 fully saturated rings. The number of halogens is 1. The standard InChI is InChI=1S/C20H30FN5O/c1-5-22-20(24-14-19-15(2)25-26(4)16(19)3)23-12-6-7-13-27-18-10-8-17(21)9-11-18/h8-11H,5-7,12-14H2,1-4H3,(H2,22,23,24). The van der Waals surface area contributed by atoms with Gasteiger partial charge in [0.1, 0.15) is 11.6 Å². The maximum absolute atomic E-state index is 12.8. The number of hydrogen-bond donors (Lipinski definition) is 2. The lowest BCUT2D eigenvalue weighted by molar-refractivity contribution is 0.306. The van der Waals surface area contributed by atoms with Gasteiger partial charge >= 0.3 is 0 Å². The van der Waals surface area contributed by atoms with Gasteiger partial charge in [-0.15, -0.1) is 0 Å². The van der Waals surface area contributed by atoms with Crippen LogP contribution in [0, 0.1) is 19.7 Å². The molecule has 0 radical (unpaired) electrons. The van der Waals surface area contributed by atoms with Crippen molar-refractivity contribution in [1.29, 1.82) is 0 Å². The third-order valence-corrected chi connectivity index (χ3v) is 4.34. The van der Waals surface area contributed by atoms with E-state index in [1.54, 1.807) is 12.1 Å². The Morgan fingerprint density at radius 3 is 2.56 bits per heavy atom. The van der Waals surface area contributed by atoms with Crippen LogP contribution in [0.5, 0.6) is 5.75 Å². The highest BCUT2D eigenvalue weighted by Gasteiger charge is 2.08. The molecule has 0 saturated carbocycles. The number of benzene rings is 1. The van der Waals surface area contributed by atoms with E-state index in [2.05, 4.69) is 27.6 Å². The fraction of sp³-hybridized carbons (Fsp3) is 0.500. The zero-order valence-corrected chi connectivity index (χ0v) is 16.7. The van der Waals surface area contributed by atoms with Gasteiger partial charge in [-0.25, -0.2) is 9.38 Å². The molecule has 2 rings (SSSR count). The zero-order valence-electron chi connectivity index (χ0n) is 16.7. The van der Waals surface area contributed by atoms with E-state index >= 15 is 0 Å². The predicted molar refractivity (Wildman–Crippen MR) is 107 cm³/mol. The number of rotatable bonds is 9. The average Bonchev–Trinajstić information content (AvgIpc) is 2.89. The summed E-state index contributed by atoms with van der Waals surface area (Å²) < 4.78 is 20.3. The molecule has 0 amide bonds. The van der Waals surface area contributed by atoms with Gasteiger partial charge in [-0.05, 0) is 57.9 Å². The lowest BCUT2D eigenvalue weighted by Gasteiger charge is -2.11. The highest BCUT2D eigenvalue weighted by molar-refractivity contribution is 5.79. The van der Waals surface area contributed by atoms with Gasteiger partial charge in [0.2, 0.25) is 0 Å². The van der Waals surface area contributed by atoms with Gasteiger partial charge in [-0.2, -0.15) is 5.10 Å². The van der Waals surface area contributed by atoms with Crippen LogP contribution in [-0.4, -0.2) is 35.4 Å². The van der Waals surface area contributed by atoms with Gasteiger partial charge in [-0.1, -0.05) is 0 Å². The largest absolute Gasteiger partial charge is 0.494 e. The molecule has 27 heavy (non-hydrogen) atoms. The number of nitrogens with zero attached hydrogens (tertiary/aromatic N) is 3. The Balaban J connectivity index is 1.73. The van der Waals surface area contributed by atoms with Crippen molar-refractivity contribution in [3.63, 3.8) is 0 Å². The molecule has 0 atom stereocenters. The van der Waals surface area contributed by atoms with E-state index in [-0.39, 0.29) is 5.82 Å². The quantitative estimate of drug-likeness (QED) is 0.402. The normalized spacial score (nSPS) is 11.5. The minimum atomic E-state index is -0.251. The monoisotopic (exact) mass is 375 g/mol. The van der Waals surface area contributed by atoms with Crippen molar-refractivity contribution in [3.05, 3.63) is 47.0 Å². The van der Waals surface area contributed by atoms with Crippen molar-refractivity contribution in [2.45, 2.75) is 40.2 Å². The van der Waals surface area contributed by atoms with Crippen molar-refractivity contribution >= 4 is 5.96 Å². The second-order valence-electron chi connectivity index (χ2n) is 6.40. The fourth-order valence-electron chi connectivity index (χ4n) is 2.70. The smallest absolute Gasteiger partial charge is 0.191 e. The Kier molecular flexibility index (Phi) is 8.10. The number of hydrogen-bond acceptors (Lipinski definition) is 3. The van der Waals surface area contributed by atoms with Crippen LogP contribution in [0.3, 0.4) is 0 Å². The SMILES string of the molecule is CCNC(=NCc1c(C)nn(C)c1C)NCCCCOc1ccc(F)cc1. The van der Waals surface area contributed by atoms with E-state index in [0.29, 0.717) is 18.9 Å². The van der Waals surface area contributed by atoms with E-state index in [0.717, 1.165) is 43.3 Å². The van der Waals surface area contributed by atoms with Crippen LogP contribution in [0.4, 0.5) is 4.39 Å². The van der Waals surface area contributed by atoms with Gasteiger partial charge in [0.05, 0.1) is 18.8 Å². The maximum atomic E-state index is 12.8. The number of nitrogens with one attached hydrogen (secondary N) is 2. The van der Waals surface area contributed by atoms with E-state index in [1.807, 2.05) is 25.6 Å². The molecular weight excluding hydrogens is 345 g/mol. The van der Waals surface area contributed by atoms with Crippen molar-refractivity contribution in [1.82, 2.24) is 20.4 Å². The number of aromatic nitrogens is 2. The molecule has 2 N–H and O–H groups in total. The predicted octanol–water partition coefficient (Wildman–Crippen LogP) is 3.09.